The fraction of sp³-hybridized carbons (Fsp3) is 0.0667. The summed E-state index contributed by atoms with van der Waals surface area (Å²) >= 11 is 0. The lowest BCUT2D eigenvalue weighted by molar-refractivity contribution is -0.116. The first-order valence-corrected chi connectivity index (χ1v) is 6.47. The van der Waals surface area contributed by atoms with Crippen molar-refractivity contribution in [2.45, 2.75) is 6.54 Å². The molecule has 1 aromatic heterocycles. The van der Waals surface area contributed by atoms with Crippen LogP contribution >= 0.6 is 0 Å². The molecule has 2 aromatic carbocycles. The van der Waals surface area contributed by atoms with Gasteiger partial charge in [-0.15, -0.1) is 0 Å². The van der Waals surface area contributed by atoms with Gasteiger partial charge in [0, 0.05) is 6.07 Å². The molecule has 5 nitrogen and oxygen atoms in total. The number of aromatic amines is 1. The highest BCUT2D eigenvalue weighted by molar-refractivity contribution is 5.91. The van der Waals surface area contributed by atoms with Crippen LogP contribution < -0.4 is 11.0 Å². The topological polar surface area (TPSA) is 66.9 Å². The molecule has 0 spiro atoms. The Morgan fingerprint density at radius 2 is 1.95 bits per heavy atom. The second kappa shape index (κ2) is 5.44. The Kier molecular flexibility index (Phi) is 3.46. The summed E-state index contributed by atoms with van der Waals surface area (Å²) in [7, 11) is 0. The van der Waals surface area contributed by atoms with Gasteiger partial charge < -0.3 is 10.3 Å². The number of hydrogen-bond donors (Lipinski definition) is 2. The van der Waals surface area contributed by atoms with E-state index in [1.165, 1.54) is 4.57 Å². The summed E-state index contributed by atoms with van der Waals surface area (Å²) < 4.78 is 27.5. The number of amides is 1. The number of nitrogens with one attached hydrogen (secondary N) is 2. The van der Waals surface area contributed by atoms with Gasteiger partial charge >= 0.3 is 5.69 Å². The van der Waals surface area contributed by atoms with Crippen molar-refractivity contribution in [3.8, 4) is 0 Å². The lowest BCUT2D eigenvalue weighted by Crippen LogP contribution is -2.26. The molecule has 0 aliphatic rings. The highest BCUT2D eigenvalue weighted by Crippen LogP contribution is 2.15. The van der Waals surface area contributed by atoms with E-state index in [-0.39, 0.29) is 12.2 Å². The minimum Gasteiger partial charge on any atom is -0.322 e. The van der Waals surface area contributed by atoms with Crippen LogP contribution in [0.4, 0.5) is 14.5 Å². The van der Waals surface area contributed by atoms with Gasteiger partial charge in [0.25, 0.3) is 0 Å². The Bertz CT molecular complexity index is 915. The van der Waals surface area contributed by atoms with Crippen LogP contribution in [-0.2, 0) is 11.3 Å². The summed E-state index contributed by atoms with van der Waals surface area (Å²) in [6.45, 7) is -0.278. The maximum absolute atomic E-state index is 13.5. The monoisotopic (exact) mass is 303 g/mol. The fourth-order valence-corrected chi connectivity index (χ4v) is 2.19. The summed E-state index contributed by atoms with van der Waals surface area (Å²) in [5.41, 5.74) is 0.603. The number of nitrogens with zero attached hydrogens (tertiary/aromatic N) is 1. The zero-order chi connectivity index (χ0) is 15.7. The third-order valence-corrected chi connectivity index (χ3v) is 3.19. The van der Waals surface area contributed by atoms with Gasteiger partial charge in [-0.05, 0) is 24.3 Å². The molecular weight excluding hydrogens is 292 g/mol. The molecular formula is C15H11F2N3O2. The summed E-state index contributed by atoms with van der Waals surface area (Å²) in [6.07, 6.45) is 0. The van der Waals surface area contributed by atoms with Crippen molar-refractivity contribution in [2.75, 3.05) is 5.32 Å². The van der Waals surface area contributed by atoms with Gasteiger partial charge in [-0.25, -0.2) is 13.6 Å². The van der Waals surface area contributed by atoms with Crippen molar-refractivity contribution < 1.29 is 13.6 Å². The first-order valence-electron chi connectivity index (χ1n) is 6.47. The molecule has 1 heterocycles. The van der Waals surface area contributed by atoms with Crippen LogP contribution in [0, 0.1) is 11.6 Å². The largest absolute Gasteiger partial charge is 0.326 e. The first kappa shape index (κ1) is 14.0. The number of fused-ring (bicyclic) bond motifs is 1. The zero-order valence-corrected chi connectivity index (χ0v) is 11.3. The van der Waals surface area contributed by atoms with E-state index in [1.807, 2.05) is 0 Å². The molecule has 0 saturated heterocycles. The van der Waals surface area contributed by atoms with Gasteiger partial charge in [0.1, 0.15) is 18.2 Å². The van der Waals surface area contributed by atoms with Crippen LogP contribution in [-0.4, -0.2) is 15.5 Å². The van der Waals surface area contributed by atoms with Gasteiger partial charge in [-0.3, -0.25) is 9.36 Å². The van der Waals surface area contributed by atoms with Crippen LogP contribution in [0.25, 0.3) is 11.0 Å². The Balaban J connectivity index is 1.84. The van der Waals surface area contributed by atoms with E-state index in [0.29, 0.717) is 17.1 Å². The van der Waals surface area contributed by atoms with E-state index < -0.39 is 23.2 Å². The molecule has 3 rings (SSSR count). The Morgan fingerprint density at radius 3 is 2.73 bits per heavy atom. The summed E-state index contributed by atoms with van der Waals surface area (Å²) in [4.78, 5) is 26.4. The molecule has 0 aliphatic heterocycles. The number of hydrogen-bond acceptors (Lipinski definition) is 2. The van der Waals surface area contributed by atoms with Crippen molar-refractivity contribution in [3.05, 3.63) is 64.6 Å². The molecule has 0 saturated carbocycles. The van der Waals surface area contributed by atoms with Crippen LogP contribution in [0.15, 0.2) is 47.3 Å². The molecule has 7 heteroatoms. The van der Waals surface area contributed by atoms with Crippen molar-refractivity contribution >= 4 is 22.6 Å². The lowest BCUT2D eigenvalue weighted by Gasteiger charge is -2.07. The number of imidazole rings is 1. The van der Waals surface area contributed by atoms with Gasteiger partial charge in [0.05, 0.1) is 16.7 Å². The first-order chi connectivity index (χ1) is 10.5. The molecule has 0 atom stereocenters. The number of para-hydroxylation sites is 2. The third-order valence-electron chi connectivity index (χ3n) is 3.19. The number of rotatable bonds is 3. The predicted octanol–water partition coefficient (Wildman–Crippen LogP) is 2.25. The van der Waals surface area contributed by atoms with Gasteiger partial charge in [0.2, 0.25) is 5.91 Å². The number of benzene rings is 2. The second-order valence-electron chi connectivity index (χ2n) is 4.71. The maximum Gasteiger partial charge on any atom is 0.326 e. The zero-order valence-electron chi connectivity index (χ0n) is 11.3. The Morgan fingerprint density at radius 1 is 1.18 bits per heavy atom. The number of carbonyl (C=O) groups is 1. The van der Waals surface area contributed by atoms with E-state index >= 15 is 0 Å². The average molecular weight is 303 g/mol. The molecule has 22 heavy (non-hydrogen) atoms. The molecule has 112 valence electrons. The molecule has 1 amide bonds. The minimum absolute atomic E-state index is 0.140. The van der Waals surface area contributed by atoms with Crippen molar-refractivity contribution in [1.82, 2.24) is 9.55 Å². The molecule has 2 N–H and O–H groups in total. The average Bonchev–Trinajstić information content (AvgIpc) is 2.78. The normalized spacial score (nSPS) is 10.8. The maximum atomic E-state index is 13.5. The van der Waals surface area contributed by atoms with Gasteiger partial charge in [-0.2, -0.15) is 0 Å². The van der Waals surface area contributed by atoms with Gasteiger partial charge in [0.15, 0.2) is 0 Å². The molecule has 0 radical (unpaired) electrons. The van der Waals surface area contributed by atoms with Crippen LogP contribution in [0.3, 0.4) is 0 Å². The van der Waals surface area contributed by atoms with E-state index in [9.17, 15) is 18.4 Å². The quantitative estimate of drug-likeness (QED) is 0.779. The smallest absolute Gasteiger partial charge is 0.322 e. The van der Waals surface area contributed by atoms with Gasteiger partial charge in [-0.1, -0.05) is 12.1 Å². The van der Waals surface area contributed by atoms with E-state index in [1.54, 1.807) is 24.3 Å². The molecule has 0 unspecified atom stereocenters. The summed E-state index contributed by atoms with van der Waals surface area (Å²) in [5.74, 6) is -2.19. The summed E-state index contributed by atoms with van der Waals surface area (Å²) in [5, 5.41) is 2.31. The number of anilines is 1. The van der Waals surface area contributed by atoms with Crippen LogP contribution in [0.1, 0.15) is 0 Å². The highest BCUT2D eigenvalue weighted by atomic mass is 19.1. The molecule has 3 aromatic rings. The Hall–Kier alpha value is -2.96. The Labute approximate surface area is 123 Å². The highest BCUT2D eigenvalue weighted by Gasteiger charge is 2.12. The van der Waals surface area contributed by atoms with Crippen molar-refractivity contribution in [3.63, 3.8) is 0 Å². The summed E-state index contributed by atoms with van der Waals surface area (Å²) in [6, 6.07) is 9.74. The fourth-order valence-electron chi connectivity index (χ4n) is 2.19. The van der Waals surface area contributed by atoms with Crippen LogP contribution in [0.2, 0.25) is 0 Å². The van der Waals surface area contributed by atoms with Crippen LogP contribution in [0.5, 0.6) is 0 Å². The van der Waals surface area contributed by atoms with Crippen molar-refractivity contribution in [1.29, 1.82) is 0 Å². The lowest BCUT2D eigenvalue weighted by atomic mass is 10.3. The second-order valence-corrected chi connectivity index (χ2v) is 4.71. The third kappa shape index (κ3) is 2.60. The number of aromatic nitrogens is 2. The molecule has 0 aliphatic carbocycles. The standard InChI is InChI=1S/C15H11F2N3O2/c16-9-5-6-11(10(17)7-9)18-14(21)8-20-13-4-2-1-3-12(13)19-15(20)22/h1-7H,8H2,(H,18,21)(H,19,22). The van der Waals surface area contributed by atoms with E-state index in [0.717, 1.165) is 12.1 Å². The molecule has 0 bridgehead atoms. The number of H-pyrrole nitrogens is 1. The minimum atomic E-state index is -0.875. The molecule has 0 fully saturated rings. The number of halogens is 2. The number of carbonyl (C=O) groups excluding carboxylic acids is 1. The van der Waals surface area contributed by atoms with E-state index in [2.05, 4.69) is 10.3 Å². The van der Waals surface area contributed by atoms with E-state index in [4.69, 9.17) is 0 Å². The SMILES string of the molecule is O=C(Cn1c(=O)[nH]c2ccccc21)Nc1ccc(F)cc1F. The predicted molar refractivity (Wildman–Crippen MR) is 77.5 cm³/mol. The van der Waals surface area contributed by atoms with Crippen molar-refractivity contribution in [2.24, 2.45) is 0 Å².